The molecule has 2 aliphatic heterocycles. The van der Waals surface area contributed by atoms with Crippen LogP contribution in [0.5, 0.6) is 23.0 Å². The Bertz CT molecular complexity index is 3320. The van der Waals surface area contributed by atoms with Gasteiger partial charge in [0.05, 0.1) is 11.1 Å². The highest BCUT2D eigenvalue weighted by molar-refractivity contribution is 5.90. The molecule has 2 heterocycles. The molecule has 0 saturated heterocycles. The molecule has 0 bridgehead atoms. The van der Waals surface area contributed by atoms with E-state index in [1.165, 1.54) is 5.56 Å². The van der Waals surface area contributed by atoms with Crippen LogP contribution in [0.3, 0.4) is 0 Å². The van der Waals surface area contributed by atoms with Crippen LogP contribution in [0, 0.1) is 0 Å². The van der Waals surface area contributed by atoms with Gasteiger partial charge in [-0.2, -0.15) is 0 Å². The number of fused-ring (bicyclic) bond motifs is 8. The summed E-state index contributed by atoms with van der Waals surface area (Å²) in [6, 6.07) is 87.9. The lowest BCUT2D eigenvalue weighted by molar-refractivity contribution is 0.399. The molecule has 4 nitrogen and oxygen atoms in total. The zero-order valence-corrected chi connectivity index (χ0v) is 35.4. The van der Waals surface area contributed by atoms with Gasteiger partial charge in [0.25, 0.3) is 0 Å². The van der Waals surface area contributed by atoms with E-state index < -0.39 is 5.41 Å². The van der Waals surface area contributed by atoms with E-state index in [2.05, 4.69) is 241 Å². The van der Waals surface area contributed by atoms with E-state index in [9.17, 15) is 0 Å². The third-order valence-electron chi connectivity index (χ3n) is 12.7. The molecule has 10 aromatic rings. The second-order valence-corrected chi connectivity index (χ2v) is 16.5. The summed E-state index contributed by atoms with van der Waals surface area (Å²) < 4.78 is 14.0. The molecule has 1 N–H and O–H groups in total. The molecule has 4 heteroatoms. The lowest BCUT2D eigenvalue weighted by atomic mass is 9.62. The summed E-state index contributed by atoms with van der Waals surface area (Å²) in [5.74, 6) is 3.19. The van der Waals surface area contributed by atoms with Gasteiger partial charge in [0.15, 0.2) is 0 Å². The second-order valence-electron chi connectivity index (χ2n) is 16.5. The van der Waals surface area contributed by atoms with Crippen LogP contribution in [0.2, 0.25) is 0 Å². The number of hydrogen-bond donors (Lipinski definition) is 1. The Labute approximate surface area is 379 Å². The minimum atomic E-state index is -0.751. The van der Waals surface area contributed by atoms with Crippen LogP contribution in [0.4, 0.5) is 28.4 Å². The number of rotatable bonds is 8. The summed E-state index contributed by atoms with van der Waals surface area (Å²) in [6.07, 6.45) is 0. The largest absolute Gasteiger partial charge is 0.457 e. The van der Waals surface area contributed by atoms with E-state index in [1.807, 2.05) is 18.2 Å². The van der Waals surface area contributed by atoms with Gasteiger partial charge in [-0.05, 0) is 82.4 Å². The molecule has 0 aliphatic carbocycles. The fourth-order valence-electron chi connectivity index (χ4n) is 9.86. The third-order valence-corrected chi connectivity index (χ3v) is 12.7. The molecule has 0 radical (unpaired) electrons. The van der Waals surface area contributed by atoms with E-state index in [-0.39, 0.29) is 0 Å². The summed E-state index contributed by atoms with van der Waals surface area (Å²) in [7, 11) is 0. The lowest BCUT2D eigenvalue weighted by Gasteiger charge is -2.45. The van der Waals surface area contributed by atoms with Gasteiger partial charge in [0, 0.05) is 62.7 Å². The predicted octanol–water partition coefficient (Wildman–Crippen LogP) is 16.5. The molecule has 0 amide bonds. The van der Waals surface area contributed by atoms with Crippen LogP contribution in [0.25, 0.3) is 33.4 Å². The zero-order chi connectivity index (χ0) is 43.2. The number of nitrogens with one attached hydrogen (secondary N) is 1. The van der Waals surface area contributed by atoms with Gasteiger partial charge < -0.3 is 19.7 Å². The van der Waals surface area contributed by atoms with Crippen molar-refractivity contribution in [3.8, 4) is 56.4 Å². The second kappa shape index (κ2) is 15.9. The molecule has 0 saturated carbocycles. The zero-order valence-electron chi connectivity index (χ0n) is 35.4. The molecule has 65 heavy (non-hydrogen) atoms. The Balaban J connectivity index is 1.06. The van der Waals surface area contributed by atoms with Crippen LogP contribution < -0.4 is 19.7 Å². The average molecular weight is 835 g/mol. The third kappa shape index (κ3) is 6.63. The van der Waals surface area contributed by atoms with Crippen LogP contribution >= 0.6 is 0 Å². The Morgan fingerprint density at radius 1 is 0.308 bits per heavy atom. The van der Waals surface area contributed by atoms with Crippen LogP contribution in [-0.2, 0) is 5.41 Å². The van der Waals surface area contributed by atoms with E-state index in [1.54, 1.807) is 0 Å². The summed E-state index contributed by atoms with van der Waals surface area (Å²) in [5, 5.41) is 3.72. The molecule has 0 fully saturated rings. The SMILES string of the molecule is c1ccc(-c2cccc(Nc3ccc4c(c3)Oc3cc(N(c5cccc(-c6ccccc6)c5)c5ccccc5-c5ccccc5)ccc3C43c4ccccc4Oc4ccccc43)c2)cc1. The number of hydrogen-bond acceptors (Lipinski definition) is 4. The quantitative estimate of drug-likeness (QED) is 0.165. The maximum atomic E-state index is 7.27. The predicted molar refractivity (Wildman–Crippen MR) is 266 cm³/mol. The van der Waals surface area contributed by atoms with E-state index in [4.69, 9.17) is 9.47 Å². The average Bonchev–Trinajstić information content (AvgIpc) is 3.37. The van der Waals surface area contributed by atoms with Crippen LogP contribution in [0.1, 0.15) is 22.3 Å². The molecule has 0 aromatic heterocycles. The fraction of sp³-hybridized carbons (Fsp3) is 0.0164. The molecule has 2 aliphatic rings. The molecule has 0 atom stereocenters. The Hall–Kier alpha value is -8.60. The van der Waals surface area contributed by atoms with Crippen molar-refractivity contribution >= 4 is 28.4 Å². The highest BCUT2D eigenvalue weighted by atomic mass is 16.5. The van der Waals surface area contributed by atoms with Gasteiger partial charge in [-0.25, -0.2) is 0 Å². The van der Waals surface area contributed by atoms with Crippen molar-refractivity contribution < 1.29 is 9.47 Å². The number of nitrogens with zero attached hydrogens (tertiary/aromatic N) is 1. The van der Waals surface area contributed by atoms with Crippen molar-refractivity contribution in [3.63, 3.8) is 0 Å². The van der Waals surface area contributed by atoms with Gasteiger partial charge in [-0.3, -0.25) is 0 Å². The van der Waals surface area contributed by atoms with Crippen molar-refractivity contribution in [1.29, 1.82) is 0 Å². The number of benzene rings is 10. The van der Waals surface area contributed by atoms with Gasteiger partial charge in [0.2, 0.25) is 0 Å². The number of para-hydroxylation sites is 3. The first kappa shape index (κ1) is 38.1. The summed E-state index contributed by atoms with van der Waals surface area (Å²) in [5.41, 5.74) is 15.3. The lowest BCUT2D eigenvalue weighted by Crippen LogP contribution is -2.36. The molecule has 12 rings (SSSR count). The van der Waals surface area contributed by atoms with Gasteiger partial charge >= 0.3 is 0 Å². The molecule has 10 aromatic carbocycles. The smallest absolute Gasteiger partial charge is 0.134 e. The van der Waals surface area contributed by atoms with E-state index >= 15 is 0 Å². The normalized spacial score (nSPS) is 12.7. The first-order chi connectivity index (χ1) is 32.2. The molecular weight excluding hydrogens is 793 g/mol. The highest BCUT2D eigenvalue weighted by Crippen LogP contribution is 2.62. The maximum Gasteiger partial charge on any atom is 0.134 e. The van der Waals surface area contributed by atoms with Crippen molar-refractivity contribution in [2.24, 2.45) is 0 Å². The first-order valence-corrected chi connectivity index (χ1v) is 22.1. The summed E-state index contributed by atoms with van der Waals surface area (Å²) in [6.45, 7) is 0. The molecule has 1 spiro atoms. The Morgan fingerprint density at radius 2 is 0.785 bits per heavy atom. The van der Waals surface area contributed by atoms with Crippen molar-refractivity contribution in [3.05, 3.63) is 271 Å². The van der Waals surface area contributed by atoms with Crippen molar-refractivity contribution in [2.75, 3.05) is 10.2 Å². The summed E-state index contributed by atoms with van der Waals surface area (Å²) >= 11 is 0. The minimum absolute atomic E-state index is 0.751. The summed E-state index contributed by atoms with van der Waals surface area (Å²) in [4.78, 5) is 2.37. The monoisotopic (exact) mass is 834 g/mol. The van der Waals surface area contributed by atoms with Crippen LogP contribution in [0.15, 0.2) is 249 Å². The van der Waals surface area contributed by atoms with Crippen molar-refractivity contribution in [1.82, 2.24) is 0 Å². The standard InChI is InChI=1S/C61H42N2O2/c1-4-18-42(19-5-1)45-24-16-26-47(38-45)62-48-34-36-54-59(40-48)65-60-41-50(35-37-55(60)61(54)52-29-11-14-32-57(52)64-58-33-15-12-30-53(58)61)63(49-27-17-25-46(39-49)43-20-6-2-7-21-43)56-31-13-10-28-51(56)44-22-8-3-9-23-44/h1-41,62H. The number of ether oxygens (including phenoxy) is 2. The Morgan fingerprint density at radius 3 is 1.48 bits per heavy atom. The van der Waals surface area contributed by atoms with E-state index in [0.29, 0.717) is 0 Å². The highest BCUT2D eigenvalue weighted by Gasteiger charge is 2.50. The molecule has 308 valence electrons. The van der Waals surface area contributed by atoms with Gasteiger partial charge in [-0.1, -0.05) is 182 Å². The van der Waals surface area contributed by atoms with E-state index in [0.717, 1.165) is 102 Å². The maximum absolute atomic E-state index is 7.27. The molecular formula is C61H42N2O2. The fourth-order valence-corrected chi connectivity index (χ4v) is 9.86. The number of anilines is 5. The van der Waals surface area contributed by atoms with Gasteiger partial charge in [0.1, 0.15) is 23.0 Å². The topological polar surface area (TPSA) is 33.7 Å². The van der Waals surface area contributed by atoms with Crippen molar-refractivity contribution in [2.45, 2.75) is 5.41 Å². The first-order valence-electron chi connectivity index (χ1n) is 22.1. The minimum Gasteiger partial charge on any atom is -0.457 e. The van der Waals surface area contributed by atoms with Crippen LogP contribution in [-0.4, -0.2) is 0 Å². The van der Waals surface area contributed by atoms with Gasteiger partial charge in [-0.15, -0.1) is 0 Å². The Kier molecular flexibility index (Phi) is 9.35. The molecule has 0 unspecified atom stereocenters.